The van der Waals surface area contributed by atoms with Crippen LogP contribution in [0.3, 0.4) is 0 Å². The third-order valence-electron chi connectivity index (χ3n) is 4.09. The fourth-order valence-corrected chi connectivity index (χ4v) is 2.95. The van der Waals surface area contributed by atoms with E-state index in [4.69, 9.17) is 0 Å². The SMILES string of the molecule is CC(=O)C1=C(O)C(=O)N(c2ccc(C)cc2)[C@H]1c1cccc(O)c1. The van der Waals surface area contributed by atoms with Crippen molar-refractivity contribution < 1.29 is 19.8 Å². The molecule has 0 saturated heterocycles. The summed E-state index contributed by atoms with van der Waals surface area (Å²) in [4.78, 5) is 26.0. The highest BCUT2D eigenvalue weighted by Crippen LogP contribution is 2.41. The Morgan fingerprint density at radius 3 is 2.33 bits per heavy atom. The number of carbonyl (C=O) groups excluding carboxylic acids is 2. The summed E-state index contributed by atoms with van der Waals surface area (Å²) in [5.74, 6) is -1.53. The van der Waals surface area contributed by atoms with E-state index in [-0.39, 0.29) is 17.1 Å². The molecule has 0 aliphatic carbocycles. The molecule has 2 aromatic carbocycles. The third kappa shape index (κ3) is 2.54. The van der Waals surface area contributed by atoms with Crippen LogP contribution >= 0.6 is 0 Å². The molecule has 1 heterocycles. The first-order valence-corrected chi connectivity index (χ1v) is 7.53. The van der Waals surface area contributed by atoms with Gasteiger partial charge in [-0.05, 0) is 43.7 Å². The molecule has 1 aliphatic heterocycles. The Labute approximate surface area is 139 Å². The van der Waals surface area contributed by atoms with Gasteiger partial charge in [0.1, 0.15) is 5.75 Å². The minimum atomic E-state index is -0.773. The lowest BCUT2D eigenvalue weighted by atomic mass is 9.96. The van der Waals surface area contributed by atoms with Crippen molar-refractivity contribution in [2.75, 3.05) is 4.90 Å². The molecule has 2 N–H and O–H groups in total. The van der Waals surface area contributed by atoms with Gasteiger partial charge in [0, 0.05) is 5.69 Å². The number of hydrogen-bond donors (Lipinski definition) is 2. The molecule has 0 aromatic heterocycles. The van der Waals surface area contributed by atoms with Gasteiger partial charge < -0.3 is 10.2 Å². The summed E-state index contributed by atoms with van der Waals surface area (Å²) >= 11 is 0. The maximum atomic E-state index is 12.6. The lowest BCUT2D eigenvalue weighted by Gasteiger charge is -2.26. The molecule has 0 unspecified atom stereocenters. The first-order valence-electron chi connectivity index (χ1n) is 7.53. The Morgan fingerprint density at radius 2 is 1.75 bits per heavy atom. The first-order chi connectivity index (χ1) is 11.4. The van der Waals surface area contributed by atoms with Crippen molar-refractivity contribution in [1.82, 2.24) is 0 Å². The van der Waals surface area contributed by atoms with Crippen LogP contribution in [0.2, 0.25) is 0 Å². The highest BCUT2D eigenvalue weighted by molar-refractivity contribution is 6.16. The fraction of sp³-hybridized carbons (Fsp3) is 0.158. The number of benzene rings is 2. The van der Waals surface area contributed by atoms with Crippen LogP contribution in [-0.4, -0.2) is 21.9 Å². The van der Waals surface area contributed by atoms with Gasteiger partial charge in [-0.3, -0.25) is 14.5 Å². The van der Waals surface area contributed by atoms with E-state index in [2.05, 4.69) is 0 Å². The molecule has 24 heavy (non-hydrogen) atoms. The van der Waals surface area contributed by atoms with Crippen LogP contribution in [0.25, 0.3) is 0 Å². The largest absolute Gasteiger partial charge is 0.508 e. The van der Waals surface area contributed by atoms with E-state index in [1.54, 1.807) is 24.3 Å². The van der Waals surface area contributed by atoms with Crippen LogP contribution in [-0.2, 0) is 9.59 Å². The number of ketones is 1. The van der Waals surface area contributed by atoms with E-state index >= 15 is 0 Å². The summed E-state index contributed by atoms with van der Waals surface area (Å²) in [6.45, 7) is 3.24. The number of aromatic hydroxyl groups is 1. The second-order valence-electron chi connectivity index (χ2n) is 5.83. The number of phenolic OH excluding ortho intramolecular Hbond substituents is 1. The maximum Gasteiger partial charge on any atom is 0.294 e. The average Bonchev–Trinajstić information content (AvgIpc) is 2.80. The van der Waals surface area contributed by atoms with Gasteiger partial charge >= 0.3 is 0 Å². The Kier molecular flexibility index (Phi) is 3.85. The average molecular weight is 323 g/mol. The van der Waals surface area contributed by atoms with E-state index in [0.29, 0.717) is 11.3 Å². The van der Waals surface area contributed by atoms with Gasteiger partial charge in [0.15, 0.2) is 11.5 Å². The third-order valence-corrected chi connectivity index (χ3v) is 4.09. The summed E-state index contributed by atoms with van der Waals surface area (Å²) in [7, 11) is 0. The summed E-state index contributed by atoms with van der Waals surface area (Å²) in [6, 6.07) is 12.8. The van der Waals surface area contributed by atoms with Gasteiger partial charge in [0.05, 0.1) is 11.6 Å². The second kappa shape index (κ2) is 5.85. The predicted molar refractivity (Wildman–Crippen MR) is 89.8 cm³/mol. The maximum absolute atomic E-state index is 12.6. The lowest BCUT2D eigenvalue weighted by molar-refractivity contribution is -0.117. The van der Waals surface area contributed by atoms with Crippen molar-refractivity contribution in [2.45, 2.75) is 19.9 Å². The second-order valence-corrected chi connectivity index (χ2v) is 5.83. The molecule has 3 rings (SSSR count). The molecular formula is C19H17NO4. The lowest BCUT2D eigenvalue weighted by Crippen LogP contribution is -2.30. The molecule has 0 saturated carbocycles. The van der Waals surface area contributed by atoms with E-state index in [9.17, 15) is 19.8 Å². The highest BCUT2D eigenvalue weighted by Gasteiger charge is 2.43. The summed E-state index contributed by atoms with van der Waals surface area (Å²) < 4.78 is 0. The zero-order chi connectivity index (χ0) is 17.4. The number of aryl methyl sites for hydroxylation is 1. The number of rotatable bonds is 3. The Balaban J connectivity index is 2.18. The van der Waals surface area contributed by atoms with Crippen LogP contribution < -0.4 is 4.90 Å². The molecular weight excluding hydrogens is 306 g/mol. The molecule has 1 amide bonds. The van der Waals surface area contributed by atoms with Crippen molar-refractivity contribution in [1.29, 1.82) is 0 Å². The quantitative estimate of drug-likeness (QED) is 0.909. The standard InChI is InChI=1S/C19H17NO4/c1-11-6-8-14(9-7-11)20-17(13-4-3-5-15(22)10-13)16(12(2)21)18(23)19(20)24/h3-10,17,22-23H,1-2H3/t17-/m0/s1. The molecule has 122 valence electrons. The zero-order valence-electron chi connectivity index (χ0n) is 13.4. The minimum absolute atomic E-state index is 0.0260. The van der Waals surface area contributed by atoms with Gasteiger partial charge in [-0.2, -0.15) is 0 Å². The molecule has 2 aromatic rings. The fourth-order valence-electron chi connectivity index (χ4n) is 2.95. The molecule has 0 bridgehead atoms. The van der Waals surface area contributed by atoms with Crippen LogP contribution in [0.4, 0.5) is 5.69 Å². The number of nitrogens with zero attached hydrogens (tertiary/aromatic N) is 1. The number of aliphatic hydroxyl groups is 1. The van der Waals surface area contributed by atoms with E-state index in [1.807, 2.05) is 19.1 Å². The molecule has 0 radical (unpaired) electrons. The van der Waals surface area contributed by atoms with Gasteiger partial charge in [0.25, 0.3) is 5.91 Å². The summed E-state index contributed by atoms with van der Waals surface area (Å²) in [5.41, 5.74) is 2.19. The van der Waals surface area contributed by atoms with Crippen LogP contribution in [0.1, 0.15) is 24.1 Å². The van der Waals surface area contributed by atoms with Crippen molar-refractivity contribution in [3.8, 4) is 5.75 Å². The number of carbonyl (C=O) groups is 2. The molecule has 5 nitrogen and oxygen atoms in total. The molecule has 1 atom stereocenters. The van der Waals surface area contributed by atoms with Crippen molar-refractivity contribution >= 4 is 17.4 Å². The van der Waals surface area contributed by atoms with Crippen LogP contribution in [0.15, 0.2) is 59.9 Å². The minimum Gasteiger partial charge on any atom is -0.508 e. The molecule has 5 heteroatoms. The number of anilines is 1. The summed E-state index contributed by atoms with van der Waals surface area (Å²) in [6.07, 6.45) is 0. The van der Waals surface area contributed by atoms with Gasteiger partial charge in [-0.15, -0.1) is 0 Å². The number of aliphatic hydroxyl groups excluding tert-OH is 1. The Bertz CT molecular complexity index is 852. The van der Waals surface area contributed by atoms with Gasteiger partial charge in [-0.1, -0.05) is 29.8 Å². The Hall–Kier alpha value is -3.08. The Morgan fingerprint density at radius 1 is 1.08 bits per heavy atom. The first kappa shape index (κ1) is 15.8. The van der Waals surface area contributed by atoms with E-state index in [0.717, 1.165) is 5.56 Å². The zero-order valence-corrected chi connectivity index (χ0v) is 13.4. The van der Waals surface area contributed by atoms with Gasteiger partial charge in [-0.25, -0.2) is 0 Å². The van der Waals surface area contributed by atoms with Crippen LogP contribution in [0.5, 0.6) is 5.75 Å². The number of amides is 1. The predicted octanol–water partition coefficient (Wildman–Crippen LogP) is 3.19. The van der Waals surface area contributed by atoms with E-state index < -0.39 is 17.7 Å². The number of Topliss-reactive ketones (excluding diaryl/α,β-unsaturated/α-hetero) is 1. The number of hydrogen-bond acceptors (Lipinski definition) is 4. The molecule has 0 spiro atoms. The molecule has 0 fully saturated rings. The monoisotopic (exact) mass is 323 g/mol. The van der Waals surface area contributed by atoms with Crippen molar-refractivity contribution in [3.63, 3.8) is 0 Å². The topological polar surface area (TPSA) is 77.8 Å². The van der Waals surface area contributed by atoms with Crippen molar-refractivity contribution in [2.24, 2.45) is 0 Å². The normalized spacial score (nSPS) is 17.5. The highest BCUT2D eigenvalue weighted by atomic mass is 16.3. The smallest absolute Gasteiger partial charge is 0.294 e. The molecule has 1 aliphatic rings. The van der Waals surface area contributed by atoms with E-state index in [1.165, 1.54) is 24.0 Å². The van der Waals surface area contributed by atoms with Crippen molar-refractivity contribution in [3.05, 3.63) is 71.0 Å². The van der Waals surface area contributed by atoms with Crippen LogP contribution in [0, 0.1) is 6.92 Å². The van der Waals surface area contributed by atoms with Gasteiger partial charge in [0.2, 0.25) is 0 Å². The summed E-state index contributed by atoms with van der Waals surface area (Å²) in [5, 5.41) is 20.0. The number of phenols is 1.